The molecule has 4 heteroatoms. The Morgan fingerprint density at radius 1 is 1.55 bits per heavy atom. The molecule has 1 aromatic heterocycles. The predicted molar refractivity (Wildman–Crippen MR) is 79.1 cm³/mol. The summed E-state index contributed by atoms with van der Waals surface area (Å²) in [5.41, 5.74) is 6.66. The Kier molecular flexibility index (Phi) is 4.41. The monoisotopic (exact) mass is 271 g/mol. The number of amides is 1. The maximum atomic E-state index is 12.6. The Morgan fingerprint density at radius 2 is 2.35 bits per heavy atom. The number of likely N-dealkylation sites (tertiary alicyclic amines) is 1. The first-order valence-corrected chi connectivity index (χ1v) is 6.97. The van der Waals surface area contributed by atoms with Crippen molar-refractivity contribution in [2.75, 3.05) is 19.6 Å². The highest BCUT2D eigenvalue weighted by atomic mass is 16.2. The fourth-order valence-electron chi connectivity index (χ4n) is 2.57. The number of carbonyl (C=O) groups excluding carboxylic acids is 1. The van der Waals surface area contributed by atoms with Crippen LogP contribution in [0, 0.1) is 17.3 Å². The average Bonchev–Trinajstić information content (AvgIpc) is 2.43. The second-order valence-electron chi connectivity index (χ2n) is 5.90. The van der Waals surface area contributed by atoms with Crippen LogP contribution >= 0.6 is 0 Å². The van der Waals surface area contributed by atoms with Crippen LogP contribution in [-0.4, -0.2) is 35.4 Å². The smallest absolute Gasteiger partial charge is 0.273 e. The van der Waals surface area contributed by atoms with E-state index in [2.05, 4.69) is 30.7 Å². The third-order valence-electron chi connectivity index (χ3n) is 3.52. The molecule has 0 aliphatic carbocycles. The SMILES string of the molecule is CC1(C)CCCN(C(=O)c2ncccc2C#CCN)C1. The molecule has 1 amide bonds. The van der Waals surface area contributed by atoms with Gasteiger partial charge in [0.1, 0.15) is 5.69 Å². The lowest BCUT2D eigenvalue weighted by molar-refractivity contribution is 0.0577. The molecule has 1 aliphatic heterocycles. The van der Waals surface area contributed by atoms with Crippen molar-refractivity contribution in [3.05, 3.63) is 29.6 Å². The highest BCUT2D eigenvalue weighted by Gasteiger charge is 2.30. The molecule has 1 aliphatic rings. The second kappa shape index (κ2) is 6.06. The lowest BCUT2D eigenvalue weighted by atomic mass is 9.84. The van der Waals surface area contributed by atoms with Crippen LogP contribution in [0.25, 0.3) is 0 Å². The molecule has 0 radical (unpaired) electrons. The van der Waals surface area contributed by atoms with Gasteiger partial charge in [0.25, 0.3) is 5.91 Å². The molecule has 1 saturated heterocycles. The molecule has 2 N–H and O–H groups in total. The molecule has 0 atom stereocenters. The number of carbonyl (C=O) groups is 1. The van der Waals surface area contributed by atoms with E-state index in [1.807, 2.05) is 11.0 Å². The van der Waals surface area contributed by atoms with Crippen molar-refractivity contribution < 1.29 is 4.79 Å². The first-order chi connectivity index (χ1) is 9.53. The van der Waals surface area contributed by atoms with E-state index >= 15 is 0 Å². The Balaban J connectivity index is 2.25. The van der Waals surface area contributed by atoms with Crippen LogP contribution in [0.1, 0.15) is 42.7 Å². The minimum Gasteiger partial charge on any atom is -0.337 e. The van der Waals surface area contributed by atoms with Crippen LogP contribution in [0.15, 0.2) is 18.3 Å². The van der Waals surface area contributed by atoms with Gasteiger partial charge in [0, 0.05) is 19.3 Å². The topological polar surface area (TPSA) is 59.2 Å². The molecular formula is C16H21N3O. The Labute approximate surface area is 120 Å². The van der Waals surface area contributed by atoms with Crippen molar-refractivity contribution in [2.24, 2.45) is 11.1 Å². The lowest BCUT2D eigenvalue weighted by Crippen LogP contribution is -2.44. The Hall–Kier alpha value is -1.86. The number of hydrogen-bond acceptors (Lipinski definition) is 3. The summed E-state index contributed by atoms with van der Waals surface area (Å²) < 4.78 is 0. The summed E-state index contributed by atoms with van der Waals surface area (Å²) in [4.78, 5) is 18.7. The third kappa shape index (κ3) is 3.37. The molecule has 0 unspecified atom stereocenters. The van der Waals surface area contributed by atoms with Gasteiger partial charge in [-0.05, 0) is 30.4 Å². The van der Waals surface area contributed by atoms with Crippen LogP contribution < -0.4 is 5.73 Å². The summed E-state index contributed by atoms with van der Waals surface area (Å²) in [6.45, 7) is 6.23. The van der Waals surface area contributed by atoms with E-state index in [9.17, 15) is 4.79 Å². The molecule has 2 rings (SSSR count). The molecule has 20 heavy (non-hydrogen) atoms. The number of hydrogen-bond donors (Lipinski definition) is 1. The molecule has 106 valence electrons. The summed E-state index contributed by atoms with van der Waals surface area (Å²) >= 11 is 0. The van der Waals surface area contributed by atoms with Gasteiger partial charge in [0.05, 0.1) is 12.1 Å². The van der Waals surface area contributed by atoms with E-state index in [1.54, 1.807) is 12.3 Å². The van der Waals surface area contributed by atoms with Crippen molar-refractivity contribution in [2.45, 2.75) is 26.7 Å². The van der Waals surface area contributed by atoms with Gasteiger partial charge in [-0.15, -0.1) is 0 Å². The minimum absolute atomic E-state index is 0.0281. The summed E-state index contributed by atoms with van der Waals surface area (Å²) in [5, 5.41) is 0. The van der Waals surface area contributed by atoms with Gasteiger partial charge < -0.3 is 10.6 Å². The van der Waals surface area contributed by atoms with Crippen LogP contribution in [0.2, 0.25) is 0 Å². The molecule has 4 nitrogen and oxygen atoms in total. The number of aromatic nitrogens is 1. The average molecular weight is 271 g/mol. The van der Waals surface area contributed by atoms with Crippen molar-refractivity contribution in [3.8, 4) is 11.8 Å². The van der Waals surface area contributed by atoms with Crippen LogP contribution in [-0.2, 0) is 0 Å². The number of rotatable bonds is 1. The zero-order valence-corrected chi connectivity index (χ0v) is 12.1. The van der Waals surface area contributed by atoms with Crippen LogP contribution in [0.3, 0.4) is 0 Å². The van der Waals surface area contributed by atoms with Gasteiger partial charge in [0.2, 0.25) is 0 Å². The van der Waals surface area contributed by atoms with Gasteiger partial charge in [-0.2, -0.15) is 0 Å². The van der Waals surface area contributed by atoms with E-state index in [4.69, 9.17) is 5.73 Å². The highest BCUT2D eigenvalue weighted by Crippen LogP contribution is 2.29. The molecule has 0 aromatic carbocycles. The number of piperidine rings is 1. The van der Waals surface area contributed by atoms with Gasteiger partial charge >= 0.3 is 0 Å². The van der Waals surface area contributed by atoms with Gasteiger partial charge in [-0.25, -0.2) is 4.98 Å². The Bertz CT molecular complexity index is 554. The van der Waals surface area contributed by atoms with E-state index < -0.39 is 0 Å². The van der Waals surface area contributed by atoms with Crippen molar-refractivity contribution in [1.29, 1.82) is 0 Å². The molecule has 1 aromatic rings. The fraction of sp³-hybridized carbons (Fsp3) is 0.500. The van der Waals surface area contributed by atoms with Gasteiger partial charge in [0.15, 0.2) is 0 Å². The summed E-state index contributed by atoms with van der Waals surface area (Å²) in [5.74, 6) is 5.69. The van der Waals surface area contributed by atoms with Crippen molar-refractivity contribution >= 4 is 5.91 Å². The second-order valence-corrected chi connectivity index (χ2v) is 5.90. The summed E-state index contributed by atoms with van der Waals surface area (Å²) in [6, 6.07) is 3.61. The summed E-state index contributed by atoms with van der Waals surface area (Å²) in [7, 11) is 0. The maximum absolute atomic E-state index is 12.6. The molecule has 1 fully saturated rings. The van der Waals surface area contributed by atoms with E-state index in [-0.39, 0.29) is 17.9 Å². The molecule has 0 bridgehead atoms. The summed E-state index contributed by atoms with van der Waals surface area (Å²) in [6.07, 6.45) is 3.82. The van der Waals surface area contributed by atoms with Crippen LogP contribution in [0.5, 0.6) is 0 Å². The van der Waals surface area contributed by atoms with Gasteiger partial charge in [-0.3, -0.25) is 4.79 Å². The third-order valence-corrected chi connectivity index (χ3v) is 3.52. The highest BCUT2D eigenvalue weighted by molar-refractivity contribution is 5.94. The normalized spacial score (nSPS) is 17.2. The quantitative estimate of drug-likeness (QED) is 0.790. The minimum atomic E-state index is -0.0281. The van der Waals surface area contributed by atoms with E-state index in [0.717, 1.165) is 25.9 Å². The van der Waals surface area contributed by atoms with E-state index in [1.165, 1.54) is 0 Å². The van der Waals surface area contributed by atoms with Gasteiger partial charge in [-0.1, -0.05) is 25.7 Å². The number of pyridine rings is 1. The fourth-order valence-corrected chi connectivity index (χ4v) is 2.57. The maximum Gasteiger partial charge on any atom is 0.273 e. The first-order valence-electron chi connectivity index (χ1n) is 6.97. The van der Waals surface area contributed by atoms with Crippen molar-refractivity contribution in [1.82, 2.24) is 9.88 Å². The number of nitrogens with zero attached hydrogens (tertiary/aromatic N) is 2. The zero-order chi connectivity index (χ0) is 14.6. The first kappa shape index (κ1) is 14.5. The standard InChI is InChI=1S/C16H21N3O/c1-16(2)8-5-11-19(12-16)15(20)14-13(6-3-9-17)7-4-10-18-14/h4,7,10H,5,8-9,11-12,17H2,1-2H3. The number of nitrogens with two attached hydrogens (primary N) is 1. The molecule has 2 heterocycles. The molecule has 0 spiro atoms. The van der Waals surface area contributed by atoms with E-state index in [0.29, 0.717) is 11.3 Å². The lowest BCUT2D eigenvalue weighted by Gasteiger charge is -2.37. The van der Waals surface area contributed by atoms with Crippen molar-refractivity contribution in [3.63, 3.8) is 0 Å². The largest absolute Gasteiger partial charge is 0.337 e. The van der Waals surface area contributed by atoms with Crippen LogP contribution in [0.4, 0.5) is 0 Å². The predicted octanol–water partition coefficient (Wildman–Crippen LogP) is 1.65. The zero-order valence-electron chi connectivity index (χ0n) is 12.1. The molecule has 0 saturated carbocycles. The Morgan fingerprint density at radius 3 is 3.05 bits per heavy atom. The molecular weight excluding hydrogens is 250 g/mol.